The smallest absolute Gasteiger partial charge is 0.264 e. The lowest BCUT2D eigenvalue weighted by molar-refractivity contribution is -0.140. The average molecular weight is 639 g/mol. The number of carbonyl (C=O) groups excluding carboxylic acids is 2. The molecule has 43 heavy (non-hydrogen) atoms. The number of carbonyl (C=O) groups is 2. The third-order valence-corrected chi connectivity index (χ3v) is 9.21. The van der Waals surface area contributed by atoms with Crippen LogP contribution in [-0.4, -0.2) is 44.3 Å². The molecule has 10 heteroatoms. The minimum absolute atomic E-state index is 0.0199. The van der Waals surface area contributed by atoms with Gasteiger partial charge < -0.3 is 10.2 Å². The molecule has 4 rings (SSSR count). The molecule has 4 aromatic carbocycles. The maximum atomic E-state index is 14.4. The van der Waals surface area contributed by atoms with Gasteiger partial charge in [-0.3, -0.25) is 13.9 Å². The highest BCUT2D eigenvalue weighted by Gasteiger charge is 2.35. The van der Waals surface area contributed by atoms with Crippen LogP contribution in [0, 0.1) is 6.92 Å². The molecule has 0 heterocycles. The molecule has 2 amide bonds. The van der Waals surface area contributed by atoms with Gasteiger partial charge in [-0.2, -0.15) is 0 Å². The van der Waals surface area contributed by atoms with Crippen molar-refractivity contribution in [3.8, 4) is 0 Å². The van der Waals surface area contributed by atoms with Gasteiger partial charge in [0.2, 0.25) is 11.8 Å². The van der Waals surface area contributed by atoms with E-state index in [9.17, 15) is 18.0 Å². The lowest BCUT2D eigenvalue weighted by atomic mass is 10.0. The van der Waals surface area contributed by atoms with Crippen molar-refractivity contribution in [2.75, 3.05) is 17.4 Å². The molecule has 4 aromatic rings. The third kappa shape index (κ3) is 8.16. The number of hydrogen-bond donors (Lipinski definition) is 1. The van der Waals surface area contributed by atoms with E-state index in [1.54, 1.807) is 25.1 Å². The largest absolute Gasteiger partial charge is 0.355 e. The monoisotopic (exact) mass is 637 g/mol. The van der Waals surface area contributed by atoms with Crippen LogP contribution in [0.5, 0.6) is 0 Å². The Morgan fingerprint density at radius 3 is 2.09 bits per heavy atom. The van der Waals surface area contributed by atoms with E-state index in [-0.39, 0.29) is 39.5 Å². The number of nitrogens with one attached hydrogen (secondary N) is 1. The number of rotatable bonds is 12. The molecule has 0 saturated carbocycles. The fourth-order valence-electron chi connectivity index (χ4n) is 4.65. The molecule has 0 radical (unpaired) electrons. The molecule has 0 fully saturated rings. The molecule has 7 nitrogen and oxygen atoms in total. The van der Waals surface area contributed by atoms with Crippen molar-refractivity contribution in [3.63, 3.8) is 0 Å². The summed E-state index contributed by atoms with van der Waals surface area (Å²) in [5, 5.41) is 3.20. The molecule has 0 aromatic heterocycles. The van der Waals surface area contributed by atoms with Crippen molar-refractivity contribution in [2.45, 2.75) is 37.8 Å². The molecular formula is C33H33Cl2N3O4S. The van der Waals surface area contributed by atoms with Crippen LogP contribution in [0.15, 0.2) is 108 Å². The lowest BCUT2D eigenvalue weighted by Crippen LogP contribution is -2.53. The Morgan fingerprint density at radius 1 is 0.837 bits per heavy atom. The zero-order valence-corrected chi connectivity index (χ0v) is 26.2. The molecule has 0 spiro atoms. The first-order valence-electron chi connectivity index (χ1n) is 13.8. The zero-order valence-electron chi connectivity index (χ0n) is 23.9. The van der Waals surface area contributed by atoms with Crippen molar-refractivity contribution in [2.24, 2.45) is 0 Å². The normalized spacial score (nSPS) is 11.9. The van der Waals surface area contributed by atoms with Gasteiger partial charge in [0.15, 0.2) is 0 Å². The summed E-state index contributed by atoms with van der Waals surface area (Å²) in [5.41, 5.74) is 2.74. The highest BCUT2D eigenvalue weighted by atomic mass is 35.5. The van der Waals surface area contributed by atoms with Gasteiger partial charge in [0.05, 0.1) is 15.6 Å². The molecule has 0 aliphatic heterocycles. The Kier molecular flexibility index (Phi) is 10.9. The van der Waals surface area contributed by atoms with Gasteiger partial charge in [-0.15, -0.1) is 0 Å². The zero-order chi connectivity index (χ0) is 31.0. The number of likely N-dealkylation sites (N-methyl/N-ethyl adjacent to an activating group) is 1. The first-order chi connectivity index (χ1) is 20.6. The summed E-state index contributed by atoms with van der Waals surface area (Å²) in [6, 6.07) is 28.3. The SMILES string of the molecule is CCNC(=O)[C@H](Cc1ccccc1)N(Cc1ccc(C)cc1)C(=O)CN(c1cc(Cl)ccc1Cl)S(=O)(=O)c1ccccc1. The molecule has 1 N–H and O–H groups in total. The Balaban J connectivity index is 1.81. The van der Waals surface area contributed by atoms with E-state index in [1.807, 2.05) is 61.5 Å². The molecule has 1 atom stereocenters. The number of amides is 2. The summed E-state index contributed by atoms with van der Waals surface area (Å²) < 4.78 is 29.0. The predicted molar refractivity (Wildman–Crippen MR) is 172 cm³/mol. The average Bonchev–Trinajstić information content (AvgIpc) is 3.01. The molecule has 0 aliphatic carbocycles. The quantitative estimate of drug-likeness (QED) is 0.198. The molecule has 0 aliphatic rings. The van der Waals surface area contributed by atoms with Gasteiger partial charge in [0.1, 0.15) is 12.6 Å². The fraction of sp³-hybridized carbons (Fsp3) is 0.212. The summed E-state index contributed by atoms with van der Waals surface area (Å²) >= 11 is 12.8. The molecule has 0 saturated heterocycles. The van der Waals surface area contributed by atoms with Gasteiger partial charge in [0, 0.05) is 24.5 Å². The van der Waals surface area contributed by atoms with Gasteiger partial charge in [0.25, 0.3) is 10.0 Å². The minimum atomic E-state index is -4.27. The number of halogens is 2. The van der Waals surface area contributed by atoms with Gasteiger partial charge >= 0.3 is 0 Å². The number of nitrogens with zero attached hydrogens (tertiary/aromatic N) is 2. The number of benzene rings is 4. The van der Waals surface area contributed by atoms with E-state index in [4.69, 9.17) is 23.2 Å². The highest BCUT2D eigenvalue weighted by Crippen LogP contribution is 2.33. The maximum absolute atomic E-state index is 14.4. The van der Waals surface area contributed by atoms with E-state index in [0.29, 0.717) is 6.54 Å². The van der Waals surface area contributed by atoms with E-state index in [2.05, 4.69) is 5.32 Å². The second-order valence-corrected chi connectivity index (χ2v) is 12.7. The predicted octanol–water partition coefficient (Wildman–Crippen LogP) is 6.27. The van der Waals surface area contributed by atoms with Crippen LogP contribution in [0.2, 0.25) is 10.0 Å². The number of aryl methyl sites for hydroxylation is 1. The van der Waals surface area contributed by atoms with E-state index in [1.165, 1.54) is 35.2 Å². The maximum Gasteiger partial charge on any atom is 0.264 e. The number of sulfonamides is 1. The van der Waals surface area contributed by atoms with Crippen LogP contribution in [0.1, 0.15) is 23.6 Å². The van der Waals surface area contributed by atoms with Crippen molar-refractivity contribution in [1.82, 2.24) is 10.2 Å². The standard InChI is InChI=1S/C33H33Cl2N3O4S/c1-3-36-33(40)31(20-25-10-6-4-7-11-25)37(22-26-16-14-24(2)15-17-26)32(39)23-38(30-21-27(34)18-19-29(30)35)43(41,42)28-12-8-5-9-13-28/h4-19,21,31H,3,20,22-23H2,1-2H3,(H,36,40)/t31-/m0/s1. The lowest BCUT2D eigenvalue weighted by Gasteiger charge is -2.34. The Hall–Kier alpha value is -3.85. The van der Waals surface area contributed by atoms with Crippen molar-refractivity contribution < 1.29 is 18.0 Å². The fourth-order valence-corrected chi connectivity index (χ4v) is 6.53. The van der Waals surface area contributed by atoms with Crippen LogP contribution >= 0.6 is 23.2 Å². The summed E-state index contributed by atoms with van der Waals surface area (Å²) in [4.78, 5) is 29.3. The molecular weight excluding hydrogens is 605 g/mol. The van der Waals surface area contributed by atoms with Crippen LogP contribution < -0.4 is 9.62 Å². The topological polar surface area (TPSA) is 86.8 Å². The van der Waals surface area contributed by atoms with Gasteiger partial charge in [-0.05, 0) is 55.3 Å². The summed E-state index contributed by atoms with van der Waals surface area (Å²) in [6.07, 6.45) is 0.230. The second-order valence-electron chi connectivity index (χ2n) is 10.0. The van der Waals surface area contributed by atoms with Gasteiger partial charge in [-0.1, -0.05) is 102 Å². The molecule has 0 bridgehead atoms. The van der Waals surface area contributed by atoms with E-state index in [0.717, 1.165) is 21.0 Å². The second kappa shape index (κ2) is 14.6. The van der Waals surface area contributed by atoms with Crippen molar-refractivity contribution in [1.29, 1.82) is 0 Å². The van der Waals surface area contributed by atoms with E-state index >= 15 is 0 Å². The van der Waals surface area contributed by atoms with E-state index < -0.39 is 28.5 Å². The first-order valence-corrected chi connectivity index (χ1v) is 16.0. The van der Waals surface area contributed by atoms with Crippen LogP contribution in [0.3, 0.4) is 0 Å². The highest BCUT2D eigenvalue weighted by molar-refractivity contribution is 7.92. The number of anilines is 1. The number of hydrogen-bond acceptors (Lipinski definition) is 4. The van der Waals surface area contributed by atoms with Crippen LogP contribution in [0.25, 0.3) is 0 Å². The van der Waals surface area contributed by atoms with Crippen LogP contribution in [0.4, 0.5) is 5.69 Å². The van der Waals surface area contributed by atoms with Gasteiger partial charge in [-0.25, -0.2) is 8.42 Å². The Bertz CT molecular complexity index is 1650. The third-order valence-electron chi connectivity index (χ3n) is 6.88. The van der Waals surface area contributed by atoms with Crippen molar-refractivity contribution in [3.05, 3.63) is 130 Å². The van der Waals surface area contributed by atoms with Crippen LogP contribution in [-0.2, 0) is 32.6 Å². The van der Waals surface area contributed by atoms with Crippen molar-refractivity contribution >= 4 is 50.7 Å². The molecule has 224 valence electrons. The molecule has 0 unspecified atom stereocenters. The minimum Gasteiger partial charge on any atom is -0.355 e. The summed E-state index contributed by atoms with van der Waals surface area (Å²) in [7, 11) is -4.27. The summed E-state index contributed by atoms with van der Waals surface area (Å²) in [6.45, 7) is 3.59. The summed E-state index contributed by atoms with van der Waals surface area (Å²) in [5.74, 6) is -0.923. The Morgan fingerprint density at radius 2 is 1.47 bits per heavy atom. The first kappa shape index (κ1) is 32.1. The Labute approximate surface area is 263 Å².